The number of hydrogen-bond acceptors (Lipinski definition) is 8. The van der Waals surface area contributed by atoms with Crippen molar-refractivity contribution in [2.45, 2.75) is 39.5 Å². The summed E-state index contributed by atoms with van der Waals surface area (Å²) in [5, 5.41) is 6.93. The number of carbonyl (C=O) groups is 1. The van der Waals surface area contributed by atoms with Gasteiger partial charge in [-0.3, -0.25) is 15.2 Å². The van der Waals surface area contributed by atoms with Gasteiger partial charge in [0.25, 0.3) is 5.91 Å². The molecule has 1 amide bonds. The molecule has 0 radical (unpaired) electrons. The van der Waals surface area contributed by atoms with E-state index in [2.05, 4.69) is 35.7 Å². The van der Waals surface area contributed by atoms with E-state index in [1.807, 2.05) is 50.2 Å². The number of benzene rings is 1. The Hall–Kier alpha value is -4.01. The van der Waals surface area contributed by atoms with E-state index in [-0.39, 0.29) is 5.91 Å². The summed E-state index contributed by atoms with van der Waals surface area (Å²) < 4.78 is 5.88. The molecule has 0 saturated carbocycles. The number of hydrazone groups is 1. The molecule has 0 aliphatic carbocycles. The molecule has 2 N–H and O–H groups in total. The Bertz CT molecular complexity index is 1120. The highest BCUT2D eigenvalue weighted by Gasteiger charge is 2.15. The summed E-state index contributed by atoms with van der Waals surface area (Å²) in [6.07, 6.45) is 7.61. The molecule has 9 heteroatoms. The van der Waals surface area contributed by atoms with Gasteiger partial charge in [0.05, 0.1) is 12.8 Å². The second-order valence-electron chi connectivity index (χ2n) is 7.94. The van der Waals surface area contributed by atoms with Gasteiger partial charge in [-0.05, 0) is 49.1 Å². The van der Waals surface area contributed by atoms with Crippen LogP contribution >= 0.6 is 0 Å². The predicted octanol–water partition coefficient (Wildman–Crippen LogP) is 4.32. The fraction of sp³-hybridized carbons (Fsp3) is 0.370. The van der Waals surface area contributed by atoms with Crippen molar-refractivity contribution in [1.82, 2.24) is 20.3 Å². The molecule has 1 aliphatic rings. The summed E-state index contributed by atoms with van der Waals surface area (Å²) in [4.78, 5) is 27.5. The van der Waals surface area contributed by atoms with Gasteiger partial charge in [0.1, 0.15) is 5.82 Å². The molecule has 3 heterocycles. The van der Waals surface area contributed by atoms with Gasteiger partial charge in [0, 0.05) is 50.1 Å². The SMILES string of the molecule is CC.CNC(=O)c1cccc(/C=N/Nc2cc(N3CCCCC3)nc(OCCc3ccccn3)n2)c1. The molecule has 9 nitrogen and oxygen atoms in total. The number of rotatable bonds is 9. The van der Waals surface area contributed by atoms with E-state index in [0.717, 1.165) is 43.0 Å². The molecule has 190 valence electrons. The first-order valence-corrected chi connectivity index (χ1v) is 12.5. The van der Waals surface area contributed by atoms with E-state index >= 15 is 0 Å². The molecule has 1 fully saturated rings. The Kier molecular flexibility index (Phi) is 10.6. The highest BCUT2D eigenvalue weighted by Crippen LogP contribution is 2.23. The van der Waals surface area contributed by atoms with Crippen LogP contribution in [-0.4, -0.2) is 53.8 Å². The molecule has 0 atom stereocenters. The Labute approximate surface area is 213 Å². The quantitative estimate of drug-likeness (QED) is 0.341. The number of piperidine rings is 1. The maximum absolute atomic E-state index is 11.9. The molecule has 1 aromatic carbocycles. The number of amides is 1. The summed E-state index contributed by atoms with van der Waals surface area (Å²) in [7, 11) is 1.61. The molecular weight excluding hydrogens is 454 g/mol. The van der Waals surface area contributed by atoms with Crippen molar-refractivity contribution in [3.63, 3.8) is 0 Å². The maximum Gasteiger partial charge on any atom is 0.320 e. The first kappa shape index (κ1) is 26.6. The van der Waals surface area contributed by atoms with Crippen molar-refractivity contribution in [3.05, 3.63) is 71.5 Å². The molecule has 2 aromatic heterocycles. The normalized spacial score (nSPS) is 13.0. The first-order valence-electron chi connectivity index (χ1n) is 12.5. The van der Waals surface area contributed by atoms with E-state index in [9.17, 15) is 4.79 Å². The average Bonchev–Trinajstić information content (AvgIpc) is 2.95. The smallest absolute Gasteiger partial charge is 0.320 e. The Morgan fingerprint density at radius 1 is 1.08 bits per heavy atom. The molecular formula is C27H35N7O2. The lowest BCUT2D eigenvalue weighted by atomic mass is 10.1. The van der Waals surface area contributed by atoms with Crippen LogP contribution in [0.4, 0.5) is 11.6 Å². The zero-order valence-corrected chi connectivity index (χ0v) is 21.3. The van der Waals surface area contributed by atoms with Gasteiger partial charge in [-0.15, -0.1) is 0 Å². The molecule has 4 rings (SSSR count). The van der Waals surface area contributed by atoms with Crippen molar-refractivity contribution in [2.24, 2.45) is 5.10 Å². The van der Waals surface area contributed by atoms with Crippen molar-refractivity contribution >= 4 is 23.8 Å². The Morgan fingerprint density at radius 3 is 2.67 bits per heavy atom. The van der Waals surface area contributed by atoms with Crippen molar-refractivity contribution in [2.75, 3.05) is 37.1 Å². The molecule has 0 unspecified atom stereocenters. The molecule has 36 heavy (non-hydrogen) atoms. The van der Waals surface area contributed by atoms with Crippen LogP contribution in [0.25, 0.3) is 0 Å². The van der Waals surface area contributed by atoms with E-state index in [0.29, 0.717) is 30.4 Å². The minimum Gasteiger partial charge on any atom is -0.463 e. The zero-order chi connectivity index (χ0) is 25.6. The van der Waals surface area contributed by atoms with Crippen molar-refractivity contribution in [3.8, 4) is 6.01 Å². The topological polar surface area (TPSA) is 105 Å². The zero-order valence-electron chi connectivity index (χ0n) is 21.3. The summed E-state index contributed by atoms with van der Waals surface area (Å²) in [5.41, 5.74) is 5.31. The van der Waals surface area contributed by atoms with Crippen molar-refractivity contribution in [1.29, 1.82) is 0 Å². The van der Waals surface area contributed by atoms with Crippen molar-refractivity contribution < 1.29 is 9.53 Å². The number of aromatic nitrogens is 3. The Balaban J connectivity index is 0.00000176. The number of hydrogen-bond donors (Lipinski definition) is 2. The second kappa shape index (κ2) is 14.4. The third-order valence-electron chi connectivity index (χ3n) is 5.46. The lowest BCUT2D eigenvalue weighted by Gasteiger charge is -2.28. The third-order valence-corrected chi connectivity index (χ3v) is 5.46. The Morgan fingerprint density at radius 2 is 1.92 bits per heavy atom. The number of carbonyl (C=O) groups excluding carboxylic acids is 1. The molecule has 1 aliphatic heterocycles. The molecule has 0 spiro atoms. The lowest BCUT2D eigenvalue weighted by Crippen LogP contribution is -2.30. The van der Waals surface area contributed by atoms with Gasteiger partial charge < -0.3 is 15.0 Å². The van der Waals surface area contributed by atoms with Crippen LogP contribution in [-0.2, 0) is 6.42 Å². The van der Waals surface area contributed by atoms with Gasteiger partial charge in [-0.1, -0.05) is 32.0 Å². The number of nitrogens with zero attached hydrogens (tertiary/aromatic N) is 5. The van der Waals surface area contributed by atoms with Gasteiger partial charge >= 0.3 is 6.01 Å². The number of pyridine rings is 1. The molecule has 1 saturated heterocycles. The highest BCUT2D eigenvalue weighted by atomic mass is 16.5. The van der Waals surface area contributed by atoms with Crippen LogP contribution in [0, 0.1) is 0 Å². The monoisotopic (exact) mass is 489 g/mol. The van der Waals surface area contributed by atoms with Gasteiger partial charge in [0.2, 0.25) is 0 Å². The summed E-state index contributed by atoms with van der Waals surface area (Å²) in [6.45, 7) is 6.34. The standard InChI is InChI=1S/C25H29N7O2.C2H6/c1-26-24(33)20-9-7-8-19(16-20)18-28-31-22-17-23(32-13-5-2-6-14-32)30-25(29-22)34-15-11-21-10-3-4-12-27-21;1-2/h3-4,7-10,12,16-18H,2,5-6,11,13-15H2,1H3,(H,26,33)(H,29,30,31);1-2H3/b28-18+;. The largest absolute Gasteiger partial charge is 0.463 e. The van der Waals surface area contributed by atoms with Crippen LogP contribution in [0.1, 0.15) is 54.7 Å². The second-order valence-corrected chi connectivity index (χ2v) is 7.94. The van der Waals surface area contributed by atoms with E-state index in [4.69, 9.17) is 4.74 Å². The third kappa shape index (κ3) is 8.04. The first-order chi connectivity index (χ1) is 17.7. The highest BCUT2D eigenvalue weighted by molar-refractivity contribution is 5.95. The van der Waals surface area contributed by atoms with Crippen LogP contribution in [0.3, 0.4) is 0 Å². The minimum atomic E-state index is -0.141. The van der Waals surface area contributed by atoms with Gasteiger partial charge in [0.15, 0.2) is 5.82 Å². The van der Waals surface area contributed by atoms with Gasteiger partial charge in [-0.2, -0.15) is 15.1 Å². The summed E-state index contributed by atoms with van der Waals surface area (Å²) >= 11 is 0. The fourth-order valence-electron chi connectivity index (χ4n) is 3.69. The number of anilines is 2. The van der Waals surface area contributed by atoms with Crippen LogP contribution in [0.5, 0.6) is 6.01 Å². The average molecular weight is 490 g/mol. The van der Waals surface area contributed by atoms with E-state index in [1.165, 1.54) is 6.42 Å². The fourth-order valence-corrected chi connectivity index (χ4v) is 3.69. The van der Waals surface area contributed by atoms with E-state index < -0.39 is 0 Å². The molecule has 0 bridgehead atoms. The predicted molar refractivity (Wildman–Crippen MR) is 144 cm³/mol. The van der Waals surface area contributed by atoms with E-state index in [1.54, 1.807) is 31.6 Å². The maximum atomic E-state index is 11.9. The van der Waals surface area contributed by atoms with Gasteiger partial charge in [-0.25, -0.2) is 0 Å². The summed E-state index contributed by atoms with van der Waals surface area (Å²) in [6, 6.07) is 15.2. The summed E-state index contributed by atoms with van der Waals surface area (Å²) in [5.74, 6) is 1.22. The number of ether oxygens (including phenoxy) is 1. The molecule has 3 aromatic rings. The van der Waals surface area contributed by atoms with Crippen LogP contribution < -0.4 is 20.4 Å². The lowest BCUT2D eigenvalue weighted by molar-refractivity contribution is 0.0963. The van der Waals surface area contributed by atoms with Crippen LogP contribution in [0.15, 0.2) is 59.8 Å². The number of nitrogens with one attached hydrogen (secondary N) is 2. The minimum absolute atomic E-state index is 0.141. The van der Waals surface area contributed by atoms with Crippen LogP contribution in [0.2, 0.25) is 0 Å².